The van der Waals surface area contributed by atoms with Crippen molar-refractivity contribution in [2.45, 2.75) is 6.54 Å². The zero-order valence-electron chi connectivity index (χ0n) is 8.91. The van der Waals surface area contributed by atoms with Crippen LogP contribution in [-0.2, 0) is 15.8 Å². The van der Waals surface area contributed by atoms with Crippen LogP contribution in [0.3, 0.4) is 0 Å². The van der Waals surface area contributed by atoms with Gasteiger partial charge >= 0.3 is 0 Å². The predicted molar refractivity (Wildman–Crippen MR) is 62.4 cm³/mol. The Balaban J connectivity index is 2.22. The molecule has 0 unspecified atom stereocenters. The molecule has 7 nitrogen and oxygen atoms in total. The van der Waals surface area contributed by atoms with Crippen LogP contribution in [0.5, 0.6) is 0 Å². The summed E-state index contributed by atoms with van der Waals surface area (Å²) in [5, 5.41) is 0. The van der Waals surface area contributed by atoms with Crippen LogP contribution in [0.15, 0.2) is 25.0 Å². The standard InChI is InChI=1S/C9H10N5O2P/c1-6(16-5-17-15)2-14-4-13-7-8(10)11-3-12-9(7)14/h3-4H,1-2,5H2,(H2,10,11,12). The van der Waals surface area contributed by atoms with Gasteiger partial charge in [-0.2, -0.15) is 0 Å². The summed E-state index contributed by atoms with van der Waals surface area (Å²) in [5.41, 5.74) is 6.81. The molecular formula is C9H10N5O2P. The fourth-order valence-corrected chi connectivity index (χ4v) is 1.60. The Hall–Kier alpha value is -2.01. The van der Waals surface area contributed by atoms with Crippen molar-refractivity contribution in [2.75, 3.05) is 12.1 Å². The number of nitrogens with zero attached hydrogens (tertiary/aromatic N) is 4. The topological polar surface area (TPSA) is 95.9 Å². The molecule has 2 aromatic rings. The van der Waals surface area contributed by atoms with Gasteiger partial charge in [0.25, 0.3) is 0 Å². The summed E-state index contributed by atoms with van der Waals surface area (Å²) in [6.07, 6.45) is 3.04. The van der Waals surface area contributed by atoms with Crippen molar-refractivity contribution < 1.29 is 9.30 Å². The van der Waals surface area contributed by atoms with Crippen molar-refractivity contribution >= 4 is 25.4 Å². The Kier molecular flexibility index (Phi) is 3.30. The Labute approximate surface area is 98.5 Å². The molecule has 8 heteroatoms. The van der Waals surface area contributed by atoms with Gasteiger partial charge in [0.1, 0.15) is 17.6 Å². The van der Waals surface area contributed by atoms with E-state index in [4.69, 9.17) is 10.5 Å². The van der Waals surface area contributed by atoms with Crippen LogP contribution in [-0.4, -0.2) is 25.9 Å². The second kappa shape index (κ2) is 4.88. The second-order valence-corrected chi connectivity index (χ2v) is 3.76. The summed E-state index contributed by atoms with van der Waals surface area (Å²) in [5.74, 6) is 0.809. The third kappa shape index (κ3) is 2.39. The predicted octanol–water partition coefficient (Wildman–Crippen LogP) is 1.19. The third-order valence-corrected chi connectivity index (χ3v) is 2.33. The molecule has 2 rings (SSSR count). The third-order valence-electron chi connectivity index (χ3n) is 2.10. The monoisotopic (exact) mass is 251 g/mol. The van der Waals surface area contributed by atoms with E-state index in [-0.39, 0.29) is 14.8 Å². The molecule has 0 amide bonds. The van der Waals surface area contributed by atoms with Gasteiger partial charge in [0.05, 0.1) is 12.9 Å². The van der Waals surface area contributed by atoms with Crippen LogP contribution < -0.4 is 5.73 Å². The van der Waals surface area contributed by atoms with Crippen LogP contribution in [0, 0.1) is 0 Å². The fraction of sp³-hybridized carbons (Fsp3) is 0.222. The first-order valence-electron chi connectivity index (χ1n) is 4.73. The molecule has 0 spiro atoms. The molecule has 2 heterocycles. The number of nitrogen functional groups attached to an aromatic ring is 1. The number of ether oxygens (including phenoxy) is 1. The molecule has 0 aliphatic heterocycles. The van der Waals surface area contributed by atoms with E-state index in [9.17, 15) is 4.57 Å². The van der Waals surface area contributed by atoms with Gasteiger partial charge in [0, 0.05) is 0 Å². The minimum atomic E-state index is -0.0802. The highest BCUT2D eigenvalue weighted by atomic mass is 31.1. The van der Waals surface area contributed by atoms with Gasteiger partial charge < -0.3 is 15.0 Å². The Morgan fingerprint density at radius 3 is 3.12 bits per heavy atom. The number of hydrogen-bond acceptors (Lipinski definition) is 6. The molecule has 0 atom stereocenters. The van der Waals surface area contributed by atoms with E-state index in [0.717, 1.165) is 0 Å². The van der Waals surface area contributed by atoms with Gasteiger partial charge in [0.2, 0.25) is 0 Å². The van der Waals surface area contributed by atoms with Crippen LogP contribution >= 0.6 is 8.46 Å². The lowest BCUT2D eigenvalue weighted by molar-refractivity contribution is 0.251. The van der Waals surface area contributed by atoms with Crippen LogP contribution in [0.2, 0.25) is 0 Å². The van der Waals surface area contributed by atoms with E-state index in [1.807, 2.05) is 0 Å². The quantitative estimate of drug-likeness (QED) is 0.633. The minimum absolute atomic E-state index is 0.0802. The van der Waals surface area contributed by atoms with Gasteiger partial charge in [-0.3, -0.25) is 4.57 Å². The lowest BCUT2D eigenvalue weighted by Crippen LogP contribution is -2.03. The number of rotatable bonds is 5. The summed E-state index contributed by atoms with van der Waals surface area (Å²) in [7, 11) is -0.0802. The summed E-state index contributed by atoms with van der Waals surface area (Å²) in [6.45, 7) is 4.08. The minimum Gasteiger partial charge on any atom is -0.485 e. The number of fused-ring (bicyclic) bond motifs is 1. The lowest BCUT2D eigenvalue weighted by Gasteiger charge is -2.06. The van der Waals surface area contributed by atoms with Crippen LogP contribution in [0.4, 0.5) is 5.82 Å². The van der Waals surface area contributed by atoms with Crippen molar-refractivity contribution in [3.63, 3.8) is 0 Å². The highest BCUT2D eigenvalue weighted by Crippen LogP contribution is 2.15. The molecule has 0 bridgehead atoms. The molecule has 0 aliphatic rings. The number of imidazole rings is 1. The average molecular weight is 251 g/mol. The maximum Gasteiger partial charge on any atom is 0.197 e. The molecule has 0 aromatic carbocycles. The molecule has 0 fully saturated rings. The summed E-state index contributed by atoms with van der Waals surface area (Å²) in [4.78, 5) is 12.0. The highest BCUT2D eigenvalue weighted by Gasteiger charge is 2.08. The molecule has 0 aliphatic carbocycles. The van der Waals surface area contributed by atoms with Gasteiger partial charge in [-0.05, 0) is 0 Å². The summed E-state index contributed by atoms with van der Waals surface area (Å²) in [6, 6.07) is 0. The van der Waals surface area contributed by atoms with Gasteiger partial charge in [-0.1, -0.05) is 6.58 Å². The number of aromatic nitrogens is 4. The summed E-state index contributed by atoms with van der Waals surface area (Å²) < 4.78 is 17.1. The Morgan fingerprint density at radius 2 is 2.35 bits per heavy atom. The number of hydrogen-bond donors (Lipinski definition) is 1. The van der Waals surface area contributed by atoms with Crippen molar-refractivity contribution in [3.05, 3.63) is 25.0 Å². The maximum atomic E-state index is 10.2. The first kappa shape index (κ1) is 11.5. The largest absolute Gasteiger partial charge is 0.485 e. The van der Waals surface area contributed by atoms with Crippen LogP contribution in [0.25, 0.3) is 11.2 Å². The molecule has 2 N–H and O–H groups in total. The number of anilines is 1. The zero-order chi connectivity index (χ0) is 12.3. The summed E-state index contributed by atoms with van der Waals surface area (Å²) >= 11 is 0. The van der Waals surface area contributed by atoms with E-state index >= 15 is 0 Å². The first-order chi connectivity index (χ1) is 8.22. The highest BCUT2D eigenvalue weighted by molar-refractivity contribution is 7.23. The van der Waals surface area contributed by atoms with E-state index in [1.54, 1.807) is 10.9 Å². The first-order valence-corrected chi connectivity index (χ1v) is 5.73. The van der Waals surface area contributed by atoms with Gasteiger partial charge in [0.15, 0.2) is 26.3 Å². The van der Waals surface area contributed by atoms with Gasteiger partial charge in [-0.25, -0.2) is 15.0 Å². The zero-order valence-corrected chi connectivity index (χ0v) is 9.80. The Bertz CT molecular complexity index is 568. The van der Waals surface area contributed by atoms with E-state index in [0.29, 0.717) is 29.3 Å². The fourth-order valence-electron chi connectivity index (χ4n) is 1.37. The number of nitrogens with two attached hydrogens (primary N) is 1. The molecule has 0 radical (unpaired) electrons. The molecule has 17 heavy (non-hydrogen) atoms. The van der Waals surface area contributed by atoms with Crippen molar-refractivity contribution in [3.8, 4) is 0 Å². The van der Waals surface area contributed by atoms with E-state index in [2.05, 4.69) is 21.5 Å². The van der Waals surface area contributed by atoms with E-state index < -0.39 is 0 Å². The molecule has 0 saturated carbocycles. The van der Waals surface area contributed by atoms with E-state index in [1.165, 1.54) is 6.33 Å². The maximum absolute atomic E-state index is 10.2. The molecule has 2 aromatic heterocycles. The molecule has 88 valence electrons. The number of allylic oxidation sites excluding steroid dienone is 1. The van der Waals surface area contributed by atoms with Crippen molar-refractivity contribution in [1.82, 2.24) is 19.5 Å². The second-order valence-electron chi connectivity index (χ2n) is 3.24. The normalized spacial score (nSPS) is 10.8. The average Bonchev–Trinajstić information content (AvgIpc) is 2.71. The lowest BCUT2D eigenvalue weighted by atomic mass is 10.5. The van der Waals surface area contributed by atoms with Crippen LogP contribution in [0.1, 0.15) is 0 Å². The molecular weight excluding hydrogens is 241 g/mol. The van der Waals surface area contributed by atoms with Crippen molar-refractivity contribution in [2.24, 2.45) is 0 Å². The van der Waals surface area contributed by atoms with Gasteiger partial charge in [-0.15, -0.1) is 0 Å². The molecule has 0 saturated heterocycles. The smallest absolute Gasteiger partial charge is 0.197 e. The van der Waals surface area contributed by atoms with Crippen molar-refractivity contribution in [1.29, 1.82) is 0 Å². The SMILES string of the molecule is C=C(Cn1cnc2c(N)ncnc21)OCP=O. The Morgan fingerprint density at radius 1 is 1.53 bits per heavy atom.